The number of nitrogens with one attached hydrogen (secondary N) is 2. The molecule has 2 aromatic carbocycles. The van der Waals surface area contributed by atoms with Gasteiger partial charge in [0.05, 0.1) is 27.6 Å². The largest absolute Gasteiger partial charge is 0.478 e. The molecule has 3 N–H and O–H groups in total. The highest BCUT2D eigenvalue weighted by atomic mass is 32.2. The Morgan fingerprint density at radius 1 is 1.12 bits per heavy atom. The number of rotatable bonds is 8. The molecule has 0 saturated heterocycles. The van der Waals surface area contributed by atoms with Crippen molar-refractivity contribution in [3.05, 3.63) is 88.2 Å². The molecule has 32 heavy (non-hydrogen) atoms. The molecule has 0 aliphatic heterocycles. The van der Waals surface area contributed by atoms with Crippen molar-refractivity contribution in [1.29, 1.82) is 0 Å². The van der Waals surface area contributed by atoms with Crippen molar-refractivity contribution in [2.24, 2.45) is 5.10 Å². The molecule has 3 rings (SSSR count). The number of benzene rings is 2. The topological polar surface area (TPSA) is 164 Å². The predicted octanol–water partition coefficient (Wildman–Crippen LogP) is 3.32. The number of nitro benzene ring substituents is 1. The molecule has 0 aliphatic carbocycles. The van der Waals surface area contributed by atoms with E-state index in [0.29, 0.717) is 11.3 Å². The number of sulfonamides is 1. The SMILES string of the molecule is CC(=NNc1ccc([N+](=O)[O-])cc1S(=O)(=O)Nc1ccccc1C(=O)O)c1cccnc1. The van der Waals surface area contributed by atoms with Crippen LogP contribution >= 0.6 is 0 Å². The molecule has 0 spiro atoms. The van der Waals surface area contributed by atoms with Crippen LogP contribution in [0.5, 0.6) is 0 Å². The lowest BCUT2D eigenvalue weighted by molar-refractivity contribution is -0.385. The molecule has 164 valence electrons. The van der Waals surface area contributed by atoms with Gasteiger partial charge >= 0.3 is 5.97 Å². The van der Waals surface area contributed by atoms with Crippen molar-refractivity contribution in [2.45, 2.75) is 11.8 Å². The van der Waals surface area contributed by atoms with E-state index in [0.717, 1.165) is 12.1 Å². The van der Waals surface area contributed by atoms with Crippen LogP contribution in [0.2, 0.25) is 0 Å². The summed E-state index contributed by atoms with van der Waals surface area (Å²) in [6.07, 6.45) is 3.16. The van der Waals surface area contributed by atoms with Gasteiger partial charge in [0.1, 0.15) is 4.90 Å². The van der Waals surface area contributed by atoms with Gasteiger partial charge in [-0.3, -0.25) is 25.2 Å². The molecule has 0 amide bonds. The van der Waals surface area contributed by atoms with Gasteiger partial charge in [-0.05, 0) is 31.2 Å². The number of pyridine rings is 1. The van der Waals surface area contributed by atoms with Gasteiger partial charge in [0.15, 0.2) is 0 Å². The van der Waals surface area contributed by atoms with Gasteiger partial charge in [-0.15, -0.1) is 0 Å². The number of hydrazone groups is 1. The minimum atomic E-state index is -4.43. The number of carbonyl (C=O) groups is 1. The van der Waals surface area contributed by atoms with E-state index in [9.17, 15) is 28.4 Å². The number of nitrogens with zero attached hydrogens (tertiary/aromatic N) is 3. The Bertz CT molecular complexity index is 1310. The second kappa shape index (κ2) is 9.22. The van der Waals surface area contributed by atoms with Crippen molar-refractivity contribution >= 4 is 38.8 Å². The number of para-hydroxylation sites is 1. The van der Waals surface area contributed by atoms with E-state index in [1.807, 2.05) is 0 Å². The summed E-state index contributed by atoms with van der Waals surface area (Å²) in [7, 11) is -4.43. The first-order chi connectivity index (χ1) is 15.2. The van der Waals surface area contributed by atoms with Crippen LogP contribution in [0.25, 0.3) is 0 Å². The summed E-state index contributed by atoms with van der Waals surface area (Å²) in [5.41, 5.74) is 2.81. The summed E-state index contributed by atoms with van der Waals surface area (Å²) in [5.74, 6) is -1.34. The van der Waals surface area contributed by atoms with E-state index in [-0.39, 0.29) is 16.9 Å². The van der Waals surface area contributed by atoms with Crippen LogP contribution in [0.15, 0.2) is 77.0 Å². The van der Waals surface area contributed by atoms with Crippen LogP contribution in [0.1, 0.15) is 22.8 Å². The van der Waals surface area contributed by atoms with Gasteiger partial charge in [0.2, 0.25) is 0 Å². The third-order valence-corrected chi connectivity index (χ3v) is 5.70. The van der Waals surface area contributed by atoms with Crippen LogP contribution in [0.4, 0.5) is 17.1 Å². The molecule has 0 atom stereocenters. The van der Waals surface area contributed by atoms with Crippen LogP contribution in [-0.2, 0) is 10.0 Å². The summed E-state index contributed by atoms with van der Waals surface area (Å²) in [4.78, 5) is 25.4. The number of aromatic nitrogens is 1. The minimum absolute atomic E-state index is 0.0425. The summed E-state index contributed by atoms with van der Waals surface area (Å²) in [6, 6.07) is 12.1. The number of anilines is 2. The summed E-state index contributed by atoms with van der Waals surface area (Å²) in [5, 5.41) is 24.6. The van der Waals surface area contributed by atoms with Crippen LogP contribution < -0.4 is 10.1 Å². The second-order valence-electron chi connectivity index (χ2n) is 6.44. The average molecular weight is 455 g/mol. The van der Waals surface area contributed by atoms with Gasteiger partial charge in [0, 0.05) is 30.1 Å². The van der Waals surface area contributed by atoms with E-state index in [1.165, 1.54) is 30.3 Å². The standard InChI is InChI=1S/C20H17N5O6S/c1-13(14-5-4-10-21-12-14)22-23-18-9-8-15(25(28)29)11-19(18)32(30,31)24-17-7-3-2-6-16(17)20(26)27/h2-12,23-24H,1H3,(H,26,27). The van der Waals surface area contributed by atoms with Crippen molar-refractivity contribution in [3.8, 4) is 0 Å². The average Bonchev–Trinajstić information content (AvgIpc) is 2.77. The lowest BCUT2D eigenvalue weighted by Gasteiger charge is -2.13. The van der Waals surface area contributed by atoms with Gasteiger partial charge in [-0.1, -0.05) is 18.2 Å². The predicted molar refractivity (Wildman–Crippen MR) is 117 cm³/mol. The molecule has 12 heteroatoms. The maximum atomic E-state index is 13.1. The van der Waals surface area contributed by atoms with E-state index in [1.54, 1.807) is 31.5 Å². The molecule has 0 radical (unpaired) electrons. The smallest absolute Gasteiger partial charge is 0.337 e. The van der Waals surface area contributed by atoms with Gasteiger partial charge in [0.25, 0.3) is 15.7 Å². The molecular weight excluding hydrogens is 438 g/mol. The molecule has 1 aromatic heterocycles. The Morgan fingerprint density at radius 2 is 1.88 bits per heavy atom. The van der Waals surface area contributed by atoms with Crippen molar-refractivity contribution in [3.63, 3.8) is 0 Å². The van der Waals surface area contributed by atoms with Crippen LogP contribution in [0, 0.1) is 10.1 Å². The molecular formula is C20H17N5O6S. The third kappa shape index (κ3) is 5.05. The number of hydrogen-bond donors (Lipinski definition) is 3. The monoisotopic (exact) mass is 455 g/mol. The van der Waals surface area contributed by atoms with Crippen molar-refractivity contribution < 1.29 is 23.2 Å². The lowest BCUT2D eigenvalue weighted by atomic mass is 10.2. The molecule has 0 unspecified atom stereocenters. The highest BCUT2D eigenvalue weighted by Crippen LogP contribution is 2.29. The number of non-ortho nitro benzene ring substituents is 1. The third-order valence-electron chi connectivity index (χ3n) is 4.29. The van der Waals surface area contributed by atoms with E-state index < -0.39 is 31.5 Å². The van der Waals surface area contributed by atoms with E-state index in [4.69, 9.17) is 0 Å². The highest BCUT2D eigenvalue weighted by Gasteiger charge is 2.24. The molecule has 3 aromatic rings. The molecule has 0 saturated carbocycles. The Morgan fingerprint density at radius 3 is 2.53 bits per heavy atom. The minimum Gasteiger partial charge on any atom is -0.478 e. The molecule has 0 bridgehead atoms. The zero-order valence-electron chi connectivity index (χ0n) is 16.6. The summed E-state index contributed by atoms with van der Waals surface area (Å²) < 4.78 is 28.3. The Labute approximate surface area is 182 Å². The normalized spacial score (nSPS) is 11.6. The fraction of sp³-hybridized carbons (Fsp3) is 0.0500. The summed E-state index contributed by atoms with van der Waals surface area (Å²) in [6.45, 7) is 1.67. The molecule has 1 heterocycles. The second-order valence-corrected chi connectivity index (χ2v) is 8.10. The van der Waals surface area contributed by atoms with Gasteiger partial charge in [-0.25, -0.2) is 13.2 Å². The first-order valence-corrected chi connectivity index (χ1v) is 10.5. The maximum Gasteiger partial charge on any atom is 0.337 e. The van der Waals surface area contributed by atoms with Gasteiger partial charge < -0.3 is 5.11 Å². The fourth-order valence-electron chi connectivity index (χ4n) is 2.68. The quantitative estimate of drug-likeness (QED) is 0.264. The first kappa shape index (κ1) is 22.4. The molecule has 0 aliphatic rings. The lowest BCUT2D eigenvalue weighted by Crippen LogP contribution is -2.17. The van der Waals surface area contributed by atoms with Crippen LogP contribution in [0.3, 0.4) is 0 Å². The number of aromatic carboxylic acids is 1. The first-order valence-electron chi connectivity index (χ1n) is 9.03. The zero-order valence-corrected chi connectivity index (χ0v) is 17.4. The maximum absolute atomic E-state index is 13.1. The Kier molecular flexibility index (Phi) is 6.45. The molecule has 0 fully saturated rings. The summed E-state index contributed by atoms with van der Waals surface area (Å²) >= 11 is 0. The molecule has 11 nitrogen and oxygen atoms in total. The number of carboxylic acids is 1. The zero-order chi connectivity index (χ0) is 23.3. The van der Waals surface area contributed by atoms with Crippen LogP contribution in [-0.4, -0.2) is 35.1 Å². The Hall–Kier alpha value is -4.32. The number of carboxylic acid groups (broad SMARTS) is 1. The number of hydrogen-bond acceptors (Lipinski definition) is 8. The fourth-order valence-corrected chi connectivity index (χ4v) is 3.94. The van der Waals surface area contributed by atoms with Crippen molar-refractivity contribution in [1.82, 2.24) is 4.98 Å². The Balaban J connectivity index is 2.03. The van der Waals surface area contributed by atoms with Gasteiger partial charge in [-0.2, -0.15) is 5.10 Å². The van der Waals surface area contributed by atoms with Crippen molar-refractivity contribution in [2.75, 3.05) is 10.1 Å². The van der Waals surface area contributed by atoms with E-state index in [2.05, 4.69) is 20.2 Å². The van der Waals surface area contributed by atoms with E-state index >= 15 is 0 Å². The highest BCUT2D eigenvalue weighted by molar-refractivity contribution is 7.93. The number of nitro groups is 1.